The van der Waals surface area contributed by atoms with Crippen molar-refractivity contribution in [3.05, 3.63) is 54.1 Å². The number of para-hydroxylation sites is 2. The van der Waals surface area contributed by atoms with Crippen molar-refractivity contribution in [2.24, 2.45) is 5.73 Å². The van der Waals surface area contributed by atoms with Crippen LogP contribution >= 0.6 is 0 Å². The molecule has 0 bridgehead atoms. The molecule has 3 heteroatoms. The van der Waals surface area contributed by atoms with Crippen molar-refractivity contribution < 1.29 is 9.47 Å². The van der Waals surface area contributed by atoms with E-state index in [-0.39, 0.29) is 0 Å². The zero-order valence-electron chi connectivity index (χ0n) is 11.1. The highest BCUT2D eigenvalue weighted by atomic mass is 16.5. The fraction of sp³-hybridized carbons (Fsp3) is 0.250. The topological polar surface area (TPSA) is 44.5 Å². The van der Waals surface area contributed by atoms with Gasteiger partial charge in [0.05, 0.1) is 6.61 Å². The number of nitrogens with two attached hydrogens (primary N) is 1. The van der Waals surface area contributed by atoms with Crippen LogP contribution in [0.3, 0.4) is 0 Å². The second-order valence-electron chi connectivity index (χ2n) is 4.25. The number of ether oxygens (including phenoxy) is 2. The Morgan fingerprint density at radius 1 is 1.00 bits per heavy atom. The minimum absolute atomic E-state index is 0.505. The first kappa shape index (κ1) is 13.4. The van der Waals surface area contributed by atoms with Gasteiger partial charge >= 0.3 is 0 Å². The van der Waals surface area contributed by atoms with Crippen molar-refractivity contribution in [1.82, 2.24) is 0 Å². The van der Waals surface area contributed by atoms with E-state index in [0.717, 1.165) is 29.2 Å². The van der Waals surface area contributed by atoms with Crippen LogP contribution in [-0.4, -0.2) is 6.61 Å². The zero-order valence-corrected chi connectivity index (χ0v) is 11.1. The maximum Gasteiger partial charge on any atom is 0.169 e. The Kier molecular flexibility index (Phi) is 4.81. The van der Waals surface area contributed by atoms with Gasteiger partial charge in [0.15, 0.2) is 11.5 Å². The van der Waals surface area contributed by atoms with Gasteiger partial charge in [-0.05, 0) is 36.2 Å². The molecule has 0 aliphatic heterocycles. The molecule has 3 nitrogen and oxygen atoms in total. The van der Waals surface area contributed by atoms with E-state index in [9.17, 15) is 0 Å². The van der Waals surface area contributed by atoms with Gasteiger partial charge in [0, 0.05) is 6.54 Å². The quantitative estimate of drug-likeness (QED) is 0.857. The molecule has 2 aromatic carbocycles. The smallest absolute Gasteiger partial charge is 0.169 e. The molecule has 0 amide bonds. The van der Waals surface area contributed by atoms with Gasteiger partial charge in [-0.3, -0.25) is 0 Å². The van der Waals surface area contributed by atoms with E-state index < -0.39 is 0 Å². The van der Waals surface area contributed by atoms with E-state index in [1.807, 2.05) is 48.5 Å². The van der Waals surface area contributed by atoms with Crippen LogP contribution in [-0.2, 0) is 6.54 Å². The first-order chi connectivity index (χ1) is 9.33. The predicted molar refractivity (Wildman–Crippen MR) is 76.6 cm³/mol. The highest BCUT2D eigenvalue weighted by Crippen LogP contribution is 2.31. The second kappa shape index (κ2) is 6.81. The third kappa shape index (κ3) is 3.73. The SMILES string of the molecule is CCCOc1ccccc1Oc1cccc(CN)c1. The molecule has 2 aromatic rings. The maximum absolute atomic E-state index is 5.87. The lowest BCUT2D eigenvalue weighted by Crippen LogP contribution is -1.98. The second-order valence-corrected chi connectivity index (χ2v) is 4.25. The standard InChI is InChI=1S/C16H19NO2/c1-2-10-18-15-8-3-4-9-16(15)19-14-7-5-6-13(11-14)12-17/h3-9,11H,2,10,12,17H2,1H3. The van der Waals surface area contributed by atoms with E-state index in [2.05, 4.69) is 6.92 Å². The average molecular weight is 257 g/mol. The van der Waals surface area contributed by atoms with Gasteiger partial charge in [0.25, 0.3) is 0 Å². The number of benzene rings is 2. The Labute approximate surface area is 114 Å². The predicted octanol–water partition coefficient (Wildman–Crippen LogP) is 3.73. The number of rotatable bonds is 6. The van der Waals surface area contributed by atoms with Crippen molar-refractivity contribution in [1.29, 1.82) is 0 Å². The van der Waals surface area contributed by atoms with Crippen molar-refractivity contribution >= 4 is 0 Å². The van der Waals surface area contributed by atoms with Crippen LogP contribution in [0.4, 0.5) is 0 Å². The molecule has 2 rings (SSSR count). The molecule has 0 atom stereocenters. The fourth-order valence-corrected chi connectivity index (χ4v) is 1.73. The molecule has 0 spiro atoms. The molecule has 0 aliphatic rings. The van der Waals surface area contributed by atoms with Gasteiger partial charge in [-0.2, -0.15) is 0 Å². The molecule has 0 fully saturated rings. The molecule has 0 radical (unpaired) electrons. The summed E-state index contributed by atoms with van der Waals surface area (Å²) in [7, 11) is 0. The summed E-state index contributed by atoms with van der Waals surface area (Å²) in [6, 6.07) is 15.5. The summed E-state index contributed by atoms with van der Waals surface area (Å²) in [5.74, 6) is 2.27. The van der Waals surface area contributed by atoms with Crippen molar-refractivity contribution in [3.63, 3.8) is 0 Å². The van der Waals surface area contributed by atoms with Gasteiger partial charge in [-0.25, -0.2) is 0 Å². The highest BCUT2D eigenvalue weighted by molar-refractivity contribution is 5.43. The highest BCUT2D eigenvalue weighted by Gasteiger charge is 2.05. The number of hydrogen-bond acceptors (Lipinski definition) is 3. The monoisotopic (exact) mass is 257 g/mol. The molecule has 0 saturated carbocycles. The van der Waals surface area contributed by atoms with Crippen LogP contribution in [0.5, 0.6) is 17.2 Å². The average Bonchev–Trinajstić information content (AvgIpc) is 2.46. The van der Waals surface area contributed by atoms with Gasteiger partial charge in [-0.1, -0.05) is 31.2 Å². The minimum atomic E-state index is 0.505. The largest absolute Gasteiger partial charge is 0.490 e. The van der Waals surface area contributed by atoms with E-state index in [4.69, 9.17) is 15.2 Å². The molecule has 19 heavy (non-hydrogen) atoms. The van der Waals surface area contributed by atoms with Crippen LogP contribution in [0.2, 0.25) is 0 Å². The Balaban J connectivity index is 2.17. The van der Waals surface area contributed by atoms with Crippen molar-refractivity contribution in [3.8, 4) is 17.2 Å². The van der Waals surface area contributed by atoms with E-state index in [1.54, 1.807) is 0 Å². The summed E-state index contributed by atoms with van der Waals surface area (Å²) in [6.45, 7) is 3.27. The summed E-state index contributed by atoms with van der Waals surface area (Å²) < 4.78 is 11.5. The molecule has 0 aliphatic carbocycles. The molecular formula is C16H19NO2. The van der Waals surface area contributed by atoms with Crippen molar-refractivity contribution in [2.75, 3.05) is 6.61 Å². The zero-order chi connectivity index (χ0) is 13.5. The molecule has 0 saturated heterocycles. The Hall–Kier alpha value is -2.00. The Morgan fingerprint density at radius 2 is 1.79 bits per heavy atom. The van der Waals surface area contributed by atoms with Gasteiger partial charge in [0.1, 0.15) is 5.75 Å². The summed E-state index contributed by atoms with van der Waals surface area (Å²) >= 11 is 0. The fourth-order valence-electron chi connectivity index (χ4n) is 1.73. The first-order valence-corrected chi connectivity index (χ1v) is 6.52. The van der Waals surface area contributed by atoms with E-state index >= 15 is 0 Å². The van der Waals surface area contributed by atoms with Crippen LogP contribution in [0.15, 0.2) is 48.5 Å². The van der Waals surface area contributed by atoms with E-state index in [1.165, 1.54) is 0 Å². The van der Waals surface area contributed by atoms with Crippen molar-refractivity contribution in [2.45, 2.75) is 19.9 Å². The maximum atomic E-state index is 5.87. The Morgan fingerprint density at radius 3 is 2.53 bits per heavy atom. The first-order valence-electron chi connectivity index (χ1n) is 6.52. The Bertz CT molecular complexity index is 526. The van der Waals surface area contributed by atoms with E-state index in [0.29, 0.717) is 13.2 Å². The lowest BCUT2D eigenvalue weighted by atomic mass is 10.2. The third-order valence-corrected chi connectivity index (χ3v) is 2.67. The summed E-state index contributed by atoms with van der Waals surface area (Å²) in [6.07, 6.45) is 0.969. The van der Waals surface area contributed by atoms with Crippen LogP contribution in [0.1, 0.15) is 18.9 Å². The van der Waals surface area contributed by atoms with Crippen LogP contribution < -0.4 is 15.2 Å². The summed E-state index contributed by atoms with van der Waals surface area (Å²) in [5.41, 5.74) is 6.67. The molecule has 0 heterocycles. The lowest BCUT2D eigenvalue weighted by molar-refractivity contribution is 0.302. The van der Waals surface area contributed by atoms with Gasteiger partial charge < -0.3 is 15.2 Å². The lowest BCUT2D eigenvalue weighted by Gasteiger charge is -2.12. The minimum Gasteiger partial charge on any atom is -0.490 e. The summed E-state index contributed by atoms with van der Waals surface area (Å²) in [5, 5.41) is 0. The molecule has 2 N–H and O–H groups in total. The van der Waals surface area contributed by atoms with Crippen LogP contribution in [0, 0.1) is 0 Å². The normalized spacial score (nSPS) is 10.2. The van der Waals surface area contributed by atoms with Gasteiger partial charge in [-0.15, -0.1) is 0 Å². The number of hydrogen-bond donors (Lipinski definition) is 1. The summed E-state index contributed by atoms with van der Waals surface area (Å²) in [4.78, 5) is 0. The molecular weight excluding hydrogens is 238 g/mol. The van der Waals surface area contributed by atoms with Gasteiger partial charge in [0.2, 0.25) is 0 Å². The van der Waals surface area contributed by atoms with Crippen LogP contribution in [0.25, 0.3) is 0 Å². The molecule has 100 valence electrons. The molecule has 0 unspecified atom stereocenters. The molecule has 0 aromatic heterocycles. The third-order valence-electron chi connectivity index (χ3n) is 2.67.